The molecule has 7 nitrogen and oxygen atoms in total. The van der Waals surface area contributed by atoms with Gasteiger partial charge >= 0.3 is 6.03 Å². The molecule has 0 unspecified atom stereocenters. The summed E-state index contributed by atoms with van der Waals surface area (Å²) in [4.78, 5) is 15.1. The van der Waals surface area contributed by atoms with E-state index in [1.54, 1.807) is 24.5 Å². The Bertz CT molecular complexity index is 1350. The minimum absolute atomic E-state index is 0.125. The molecular weight excluding hydrogens is 344 g/mol. The predicted octanol–water partition coefficient (Wildman–Crippen LogP) is 2.89. The number of azo groups is 1. The molecule has 0 aliphatic rings. The van der Waals surface area contributed by atoms with E-state index < -0.39 is 6.03 Å². The maximum Gasteiger partial charge on any atom is 0.700 e. The lowest BCUT2D eigenvalue weighted by Crippen LogP contribution is -2.80. The number of aromatic hydroxyl groups is 1. The molecule has 0 aliphatic carbocycles. The first-order valence-electron chi connectivity index (χ1n) is 8.34. The maximum atomic E-state index is 12.2. The monoisotopic (exact) mass is 358 g/mol. The minimum atomic E-state index is -0.431. The van der Waals surface area contributed by atoms with Crippen molar-refractivity contribution in [1.82, 2.24) is 4.98 Å². The zero-order valence-electron chi connectivity index (χ0n) is 14.0. The lowest BCUT2D eigenvalue weighted by Gasteiger charge is -1.91. The molecule has 3 heterocycles. The number of carbonyl (C=O) groups is 1. The highest BCUT2D eigenvalue weighted by Crippen LogP contribution is 2.39. The first kappa shape index (κ1) is 15.3. The van der Waals surface area contributed by atoms with Gasteiger partial charge in [0.2, 0.25) is 5.88 Å². The summed E-state index contributed by atoms with van der Waals surface area (Å²) in [6, 6.07) is 16.3. The SMILES string of the molecule is O=C([NH+]=Nc1c(O)[nH]c2cc3oc4ccccc4c3cc12)[n+]1ccccc1. The van der Waals surface area contributed by atoms with Crippen molar-refractivity contribution in [3.63, 3.8) is 0 Å². The number of carbonyl (C=O) groups excluding carboxylic acids is 1. The number of para-hydroxylation sites is 1. The molecule has 7 heteroatoms. The number of H-pyrrole nitrogens is 1. The average molecular weight is 358 g/mol. The topological polar surface area (TPSA) is 96.4 Å². The summed E-state index contributed by atoms with van der Waals surface area (Å²) in [5.41, 5.74) is 2.43. The van der Waals surface area contributed by atoms with E-state index in [4.69, 9.17) is 4.42 Å². The third-order valence-corrected chi connectivity index (χ3v) is 4.46. The second-order valence-electron chi connectivity index (χ2n) is 6.13. The van der Waals surface area contributed by atoms with E-state index in [1.807, 2.05) is 42.5 Å². The fourth-order valence-electron chi connectivity index (χ4n) is 3.19. The zero-order chi connectivity index (χ0) is 18.4. The van der Waals surface area contributed by atoms with Gasteiger partial charge in [0, 0.05) is 44.6 Å². The molecule has 0 atom stereocenters. The van der Waals surface area contributed by atoms with Gasteiger partial charge in [0.15, 0.2) is 18.1 Å². The van der Waals surface area contributed by atoms with Crippen molar-refractivity contribution in [1.29, 1.82) is 0 Å². The number of nitrogens with zero attached hydrogens (tertiary/aromatic N) is 2. The fraction of sp³-hybridized carbons (Fsp3) is 0. The number of fused-ring (bicyclic) bond motifs is 4. The predicted molar refractivity (Wildman–Crippen MR) is 97.7 cm³/mol. The molecule has 0 radical (unpaired) electrons. The number of rotatable bonds is 1. The molecule has 27 heavy (non-hydrogen) atoms. The lowest BCUT2D eigenvalue weighted by molar-refractivity contribution is -0.664. The highest BCUT2D eigenvalue weighted by atomic mass is 16.3. The second-order valence-corrected chi connectivity index (χ2v) is 6.13. The Morgan fingerprint density at radius 3 is 2.67 bits per heavy atom. The summed E-state index contributed by atoms with van der Waals surface area (Å²) in [7, 11) is 0. The van der Waals surface area contributed by atoms with E-state index >= 15 is 0 Å². The van der Waals surface area contributed by atoms with E-state index in [0.717, 1.165) is 16.4 Å². The van der Waals surface area contributed by atoms with Gasteiger partial charge in [-0.15, -0.1) is 4.79 Å². The summed E-state index contributed by atoms with van der Waals surface area (Å²) < 4.78 is 7.22. The Hall–Kier alpha value is -4.00. The number of aromatic amines is 1. The van der Waals surface area contributed by atoms with Crippen LogP contribution in [0.2, 0.25) is 0 Å². The van der Waals surface area contributed by atoms with E-state index in [-0.39, 0.29) is 11.6 Å². The molecule has 3 N–H and O–H groups in total. The summed E-state index contributed by atoms with van der Waals surface area (Å²) in [6.45, 7) is 0. The molecule has 0 spiro atoms. The van der Waals surface area contributed by atoms with Crippen molar-refractivity contribution in [3.8, 4) is 5.88 Å². The van der Waals surface area contributed by atoms with E-state index in [2.05, 4.69) is 15.2 Å². The van der Waals surface area contributed by atoms with Gasteiger partial charge in [-0.25, -0.2) is 0 Å². The normalized spacial score (nSPS) is 11.9. The van der Waals surface area contributed by atoms with Crippen LogP contribution in [0, 0.1) is 0 Å². The number of benzene rings is 2. The van der Waals surface area contributed by atoms with Crippen LogP contribution in [-0.4, -0.2) is 16.1 Å². The van der Waals surface area contributed by atoms with E-state index in [1.165, 1.54) is 4.57 Å². The van der Waals surface area contributed by atoms with Crippen molar-refractivity contribution in [3.05, 3.63) is 67.0 Å². The van der Waals surface area contributed by atoms with Crippen LogP contribution < -0.4 is 9.68 Å². The largest absolute Gasteiger partial charge is 0.700 e. The Labute approximate surface area is 152 Å². The Kier molecular flexibility index (Phi) is 3.26. The molecule has 0 bridgehead atoms. The number of furan rings is 1. The zero-order valence-corrected chi connectivity index (χ0v) is 14.0. The number of aromatic nitrogens is 2. The average Bonchev–Trinajstić information content (AvgIpc) is 3.21. The summed E-state index contributed by atoms with van der Waals surface area (Å²) in [5.74, 6) is -0.125. The van der Waals surface area contributed by atoms with Crippen LogP contribution in [0.5, 0.6) is 5.88 Å². The number of pyridine rings is 1. The standard InChI is InChI=1S/C20H12N4O3/c25-19-18(22-23-20(26)24-8-4-1-5-9-24)14-10-13-12-6-2-3-7-16(12)27-17(13)11-15(14)21-19/h1-11H,(H-,21,22,23,25,26)/p+2. The fourth-order valence-corrected chi connectivity index (χ4v) is 3.19. The van der Waals surface area contributed by atoms with E-state index in [0.29, 0.717) is 16.5 Å². The minimum Gasteiger partial charge on any atom is -0.493 e. The van der Waals surface area contributed by atoms with Gasteiger partial charge in [-0.05, 0) is 12.1 Å². The Morgan fingerprint density at radius 1 is 1.00 bits per heavy atom. The molecule has 130 valence electrons. The molecule has 1 amide bonds. The molecule has 0 fully saturated rings. The third-order valence-electron chi connectivity index (χ3n) is 4.46. The van der Waals surface area contributed by atoms with Crippen molar-refractivity contribution in [2.75, 3.05) is 0 Å². The van der Waals surface area contributed by atoms with Crippen LogP contribution in [0.15, 0.2) is 76.5 Å². The quantitative estimate of drug-likeness (QED) is 0.317. The number of hydrogen-bond donors (Lipinski definition) is 3. The van der Waals surface area contributed by atoms with Gasteiger partial charge in [0.05, 0.1) is 5.52 Å². The van der Waals surface area contributed by atoms with Crippen LogP contribution in [0.25, 0.3) is 32.8 Å². The summed E-state index contributed by atoms with van der Waals surface area (Å²) in [6.07, 6.45) is 3.22. The molecule has 0 saturated heterocycles. The molecular formula is C20H14N4O3+2. The van der Waals surface area contributed by atoms with Crippen LogP contribution in [-0.2, 0) is 0 Å². The van der Waals surface area contributed by atoms with Gasteiger partial charge in [0.25, 0.3) is 0 Å². The highest BCUT2D eigenvalue weighted by Gasteiger charge is 2.22. The number of nitrogens with one attached hydrogen (secondary N) is 2. The summed E-state index contributed by atoms with van der Waals surface area (Å²) in [5, 5.41) is 19.4. The smallest absolute Gasteiger partial charge is 0.493 e. The van der Waals surface area contributed by atoms with Gasteiger partial charge in [-0.2, -0.15) is 0 Å². The van der Waals surface area contributed by atoms with Gasteiger partial charge in [-0.3, -0.25) is 0 Å². The van der Waals surface area contributed by atoms with Crippen LogP contribution in [0.3, 0.4) is 0 Å². The van der Waals surface area contributed by atoms with Crippen LogP contribution in [0.4, 0.5) is 10.5 Å². The van der Waals surface area contributed by atoms with Gasteiger partial charge in [-0.1, -0.05) is 28.8 Å². The first-order valence-corrected chi connectivity index (χ1v) is 8.34. The molecule has 0 saturated carbocycles. The molecule has 5 rings (SSSR count). The van der Waals surface area contributed by atoms with Crippen molar-refractivity contribution in [2.45, 2.75) is 0 Å². The molecule has 3 aromatic heterocycles. The van der Waals surface area contributed by atoms with Crippen LogP contribution >= 0.6 is 0 Å². The van der Waals surface area contributed by atoms with Crippen molar-refractivity contribution in [2.24, 2.45) is 5.11 Å². The molecule has 5 aromatic rings. The van der Waals surface area contributed by atoms with Crippen molar-refractivity contribution < 1.29 is 24.0 Å². The Morgan fingerprint density at radius 2 is 1.81 bits per heavy atom. The second kappa shape index (κ2) is 5.77. The summed E-state index contributed by atoms with van der Waals surface area (Å²) >= 11 is 0. The van der Waals surface area contributed by atoms with E-state index in [9.17, 15) is 9.90 Å². The highest BCUT2D eigenvalue weighted by molar-refractivity contribution is 6.12. The third kappa shape index (κ3) is 2.44. The molecule has 2 aromatic carbocycles. The molecule has 0 aliphatic heterocycles. The van der Waals surface area contributed by atoms with Gasteiger partial charge < -0.3 is 14.5 Å². The first-order chi connectivity index (χ1) is 13.2. The van der Waals surface area contributed by atoms with Crippen LogP contribution in [0.1, 0.15) is 0 Å². The number of hydrogen-bond acceptors (Lipinski definition) is 4. The lowest BCUT2D eigenvalue weighted by atomic mass is 10.1. The van der Waals surface area contributed by atoms with Crippen molar-refractivity contribution >= 4 is 44.6 Å². The Balaban J connectivity index is 1.65. The van der Waals surface area contributed by atoms with Gasteiger partial charge in [0.1, 0.15) is 11.2 Å². The number of amides is 1. The maximum absolute atomic E-state index is 12.2.